The Morgan fingerprint density at radius 3 is 2.79 bits per heavy atom. The second-order valence-corrected chi connectivity index (χ2v) is 6.12. The Hall–Kier alpha value is -1.65. The molecule has 1 fully saturated rings. The zero-order valence-corrected chi connectivity index (χ0v) is 11.4. The van der Waals surface area contributed by atoms with Crippen molar-refractivity contribution in [1.82, 2.24) is 14.7 Å². The van der Waals surface area contributed by atoms with Crippen molar-refractivity contribution in [3.05, 3.63) is 59.4 Å². The van der Waals surface area contributed by atoms with Crippen LogP contribution < -0.4 is 5.32 Å². The Bertz CT molecular complexity index is 666. The monoisotopic (exact) mass is 269 g/mol. The summed E-state index contributed by atoms with van der Waals surface area (Å²) in [5, 5.41) is 5.49. The highest BCUT2D eigenvalue weighted by Gasteiger charge is 2.39. The van der Waals surface area contributed by atoms with Gasteiger partial charge in [0.15, 0.2) is 4.96 Å². The minimum Gasteiger partial charge on any atom is -0.315 e. The van der Waals surface area contributed by atoms with Crippen LogP contribution in [-0.2, 0) is 11.8 Å². The van der Waals surface area contributed by atoms with E-state index in [-0.39, 0.29) is 5.41 Å². The first-order chi connectivity index (χ1) is 9.36. The second-order valence-electron chi connectivity index (χ2n) is 5.25. The minimum absolute atomic E-state index is 0.227. The maximum atomic E-state index is 4.72. The average Bonchev–Trinajstić information content (AvgIpc) is 2.95. The Morgan fingerprint density at radius 1 is 1.26 bits per heavy atom. The molecule has 0 aliphatic carbocycles. The zero-order valence-electron chi connectivity index (χ0n) is 10.5. The van der Waals surface area contributed by atoms with Crippen LogP contribution in [0.4, 0.5) is 0 Å². The molecule has 1 N–H and O–H groups in total. The zero-order chi connectivity index (χ0) is 12.7. The van der Waals surface area contributed by atoms with Gasteiger partial charge in [-0.1, -0.05) is 30.3 Å². The van der Waals surface area contributed by atoms with Gasteiger partial charge in [-0.25, -0.2) is 4.98 Å². The number of imidazole rings is 1. The summed E-state index contributed by atoms with van der Waals surface area (Å²) in [5.74, 6) is 0. The van der Waals surface area contributed by atoms with Crippen molar-refractivity contribution in [2.24, 2.45) is 0 Å². The highest BCUT2D eigenvalue weighted by molar-refractivity contribution is 7.15. The van der Waals surface area contributed by atoms with Crippen molar-refractivity contribution < 1.29 is 0 Å². The maximum Gasteiger partial charge on any atom is 0.193 e. The number of hydrogen-bond donors (Lipinski definition) is 1. The highest BCUT2D eigenvalue weighted by atomic mass is 32.1. The number of hydrogen-bond acceptors (Lipinski definition) is 3. The Labute approximate surface area is 115 Å². The molecule has 0 saturated carbocycles. The standard InChI is InChI=1S/C15H15N3S/c1-2-4-12(5-3-1)15(10-16-11-15)8-13-9-18-6-7-19-14(18)17-13/h1-7,9,16H,8,10-11H2. The molecule has 0 spiro atoms. The van der Waals surface area contributed by atoms with Crippen molar-refractivity contribution in [2.45, 2.75) is 11.8 Å². The Morgan fingerprint density at radius 2 is 2.11 bits per heavy atom. The lowest BCUT2D eigenvalue weighted by molar-refractivity contribution is 0.273. The lowest BCUT2D eigenvalue weighted by Crippen LogP contribution is -2.58. The van der Waals surface area contributed by atoms with Crippen molar-refractivity contribution in [2.75, 3.05) is 13.1 Å². The Balaban J connectivity index is 1.68. The van der Waals surface area contributed by atoms with E-state index in [9.17, 15) is 0 Å². The number of aromatic nitrogens is 2. The quantitative estimate of drug-likeness (QED) is 0.791. The molecule has 4 rings (SSSR count). The van der Waals surface area contributed by atoms with Gasteiger partial charge in [-0.05, 0) is 5.56 Å². The molecule has 0 unspecified atom stereocenters. The third kappa shape index (κ3) is 1.79. The first-order valence-electron chi connectivity index (χ1n) is 6.53. The van der Waals surface area contributed by atoms with E-state index in [1.807, 2.05) is 0 Å². The molecular weight excluding hydrogens is 254 g/mol. The molecule has 0 amide bonds. The molecule has 0 bridgehead atoms. The van der Waals surface area contributed by atoms with E-state index in [2.05, 4.69) is 57.8 Å². The van der Waals surface area contributed by atoms with Gasteiger partial charge in [-0.3, -0.25) is 4.40 Å². The molecule has 1 saturated heterocycles. The lowest BCUT2D eigenvalue weighted by atomic mass is 9.72. The maximum absolute atomic E-state index is 4.72. The molecule has 1 aliphatic heterocycles. The van der Waals surface area contributed by atoms with Gasteiger partial charge in [0.1, 0.15) is 0 Å². The minimum atomic E-state index is 0.227. The molecule has 96 valence electrons. The first-order valence-corrected chi connectivity index (χ1v) is 7.41. The van der Waals surface area contributed by atoms with E-state index in [0.29, 0.717) is 0 Å². The summed E-state index contributed by atoms with van der Waals surface area (Å²) in [6.45, 7) is 2.09. The van der Waals surface area contributed by atoms with Gasteiger partial charge >= 0.3 is 0 Å². The van der Waals surface area contributed by atoms with Gasteiger partial charge in [-0.2, -0.15) is 0 Å². The van der Waals surface area contributed by atoms with Crippen LogP contribution in [0.25, 0.3) is 4.96 Å². The molecule has 0 atom stereocenters. The van der Waals surface area contributed by atoms with E-state index < -0.39 is 0 Å². The van der Waals surface area contributed by atoms with Crippen LogP contribution in [0.3, 0.4) is 0 Å². The molecule has 0 radical (unpaired) electrons. The van der Waals surface area contributed by atoms with Gasteiger partial charge in [0.25, 0.3) is 0 Å². The van der Waals surface area contributed by atoms with Crippen molar-refractivity contribution in [1.29, 1.82) is 0 Å². The van der Waals surface area contributed by atoms with Gasteiger partial charge in [0.2, 0.25) is 0 Å². The highest BCUT2D eigenvalue weighted by Crippen LogP contribution is 2.32. The summed E-state index contributed by atoms with van der Waals surface area (Å²) in [6.07, 6.45) is 5.25. The molecule has 1 aliphatic rings. The number of fused-ring (bicyclic) bond motifs is 1. The molecule has 2 aromatic heterocycles. The van der Waals surface area contributed by atoms with Gasteiger partial charge in [0.05, 0.1) is 5.69 Å². The number of thiazole rings is 1. The van der Waals surface area contributed by atoms with Crippen LogP contribution in [0.15, 0.2) is 48.1 Å². The molecule has 4 heteroatoms. The fourth-order valence-electron chi connectivity index (χ4n) is 2.86. The van der Waals surface area contributed by atoms with E-state index >= 15 is 0 Å². The number of benzene rings is 1. The van der Waals surface area contributed by atoms with Gasteiger partial charge in [0, 0.05) is 42.7 Å². The summed E-state index contributed by atoms with van der Waals surface area (Å²) in [4.78, 5) is 5.81. The van der Waals surface area contributed by atoms with Crippen LogP contribution >= 0.6 is 11.3 Å². The van der Waals surface area contributed by atoms with Crippen LogP contribution in [0.5, 0.6) is 0 Å². The summed E-state index contributed by atoms with van der Waals surface area (Å²) in [7, 11) is 0. The molecule has 3 aromatic rings. The Kier molecular flexibility index (Phi) is 2.47. The number of nitrogens with zero attached hydrogens (tertiary/aromatic N) is 2. The van der Waals surface area contributed by atoms with Gasteiger partial charge in [-0.15, -0.1) is 11.3 Å². The number of nitrogens with one attached hydrogen (secondary N) is 1. The predicted octanol–water partition coefficient (Wildman–Crippen LogP) is 2.48. The molecule has 1 aromatic carbocycles. The van der Waals surface area contributed by atoms with Crippen LogP contribution in [-0.4, -0.2) is 22.5 Å². The smallest absolute Gasteiger partial charge is 0.193 e. The van der Waals surface area contributed by atoms with Crippen molar-refractivity contribution in [3.63, 3.8) is 0 Å². The summed E-state index contributed by atoms with van der Waals surface area (Å²) in [5.41, 5.74) is 2.84. The normalized spacial score (nSPS) is 17.5. The average molecular weight is 269 g/mol. The van der Waals surface area contributed by atoms with E-state index in [1.165, 1.54) is 11.3 Å². The molecular formula is C15H15N3S. The summed E-state index contributed by atoms with van der Waals surface area (Å²) in [6, 6.07) is 10.8. The summed E-state index contributed by atoms with van der Waals surface area (Å²) < 4.78 is 2.12. The number of rotatable bonds is 3. The van der Waals surface area contributed by atoms with Gasteiger partial charge < -0.3 is 5.32 Å². The fraction of sp³-hybridized carbons (Fsp3) is 0.267. The van der Waals surface area contributed by atoms with Crippen LogP contribution in [0.2, 0.25) is 0 Å². The lowest BCUT2D eigenvalue weighted by Gasteiger charge is -2.43. The van der Waals surface area contributed by atoms with E-state index in [0.717, 1.165) is 24.5 Å². The predicted molar refractivity (Wildman–Crippen MR) is 77.8 cm³/mol. The largest absolute Gasteiger partial charge is 0.315 e. The third-order valence-electron chi connectivity index (χ3n) is 3.98. The second kappa shape index (κ2) is 4.18. The first kappa shape index (κ1) is 11.2. The fourth-order valence-corrected chi connectivity index (χ4v) is 3.58. The molecule has 3 nitrogen and oxygen atoms in total. The molecule has 19 heavy (non-hydrogen) atoms. The van der Waals surface area contributed by atoms with E-state index in [4.69, 9.17) is 4.98 Å². The van der Waals surface area contributed by atoms with E-state index in [1.54, 1.807) is 11.3 Å². The third-order valence-corrected chi connectivity index (χ3v) is 4.75. The summed E-state index contributed by atoms with van der Waals surface area (Å²) >= 11 is 1.69. The van der Waals surface area contributed by atoms with Crippen LogP contribution in [0.1, 0.15) is 11.3 Å². The molecule has 3 heterocycles. The SMILES string of the molecule is c1ccc(C2(Cc3cn4ccsc4n3)CNC2)cc1. The van der Waals surface area contributed by atoms with Crippen molar-refractivity contribution >= 4 is 16.3 Å². The van der Waals surface area contributed by atoms with Crippen LogP contribution in [0, 0.1) is 0 Å². The topological polar surface area (TPSA) is 29.3 Å². The van der Waals surface area contributed by atoms with Crippen molar-refractivity contribution in [3.8, 4) is 0 Å².